The van der Waals surface area contributed by atoms with Gasteiger partial charge in [-0.15, -0.1) is 0 Å². The van der Waals surface area contributed by atoms with E-state index in [1.54, 1.807) is 12.3 Å². The highest BCUT2D eigenvalue weighted by molar-refractivity contribution is 8.12. The van der Waals surface area contributed by atoms with Gasteiger partial charge in [-0.2, -0.15) is 0 Å². The maximum Gasteiger partial charge on any atom is 0.372 e. The van der Waals surface area contributed by atoms with Crippen LogP contribution in [0.25, 0.3) is 0 Å². The topological polar surface area (TPSA) is 35.5 Å². The molecule has 0 saturated carbocycles. The summed E-state index contributed by atoms with van der Waals surface area (Å²) < 4.78 is 11.3. The van der Waals surface area contributed by atoms with Crippen molar-refractivity contribution < 1.29 is 14.3 Å². The lowest BCUT2D eigenvalue weighted by Gasteiger charge is -2.14. The van der Waals surface area contributed by atoms with Gasteiger partial charge in [0.1, 0.15) is 18.1 Å². The number of rotatable bonds is 5. The van der Waals surface area contributed by atoms with Crippen LogP contribution in [0.4, 0.5) is 4.79 Å². The number of thioether (sulfide) groups is 1. The average molecular weight is 330 g/mol. The van der Waals surface area contributed by atoms with Crippen molar-refractivity contribution in [2.75, 3.05) is 6.26 Å². The number of ether oxygens (including phenoxy) is 2. The van der Waals surface area contributed by atoms with Crippen molar-refractivity contribution in [3.8, 4) is 11.5 Å². The summed E-state index contributed by atoms with van der Waals surface area (Å²) in [7, 11) is 0. The van der Waals surface area contributed by atoms with Crippen molar-refractivity contribution in [2.45, 2.75) is 33.8 Å². The Bertz CT molecular complexity index is 695. The minimum absolute atomic E-state index is 0.322. The van der Waals surface area contributed by atoms with Gasteiger partial charge in [-0.05, 0) is 67.1 Å². The molecule has 0 atom stereocenters. The highest BCUT2D eigenvalue weighted by atomic mass is 32.2. The molecule has 0 unspecified atom stereocenters. The second-order valence-electron chi connectivity index (χ2n) is 5.35. The molecule has 0 aliphatic carbocycles. The van der Waals surface area contributed by atoms with Gasteiger partial charge in [-0.3, -0.25) is 0 Å². The van der Waals surface area contributed by atoms with Crippen LogP contribution in [-0.2, 0) is 13.0 Å². The summed E-state index contributed by atoms with van der Waals surface area (Å²) in [6.45, 7) is 6.66. The van der Waals surface area contributed by atoms with Crippen LogP contribution >= 0.6 is 11.8 Å². The number of carbonyl (C=O) groups is 1. The van der Waals surface area contributed by atoms with Crippen molar-refractivity contribution in [2.24, 2.45) is 0 Å². The van der Waals surface area contributed by atoms with Crippen molar-refractivity contribution >= 4 is 17.1 Å². The van der Waals surface area contributed by atoms with Crippen LogP contribution in [0.3, 0.4) is 0 Å². The summed E-state index contributed by atoms with van der Waals surface area (Å²) in [4.78, 5) is 11.5. The van der Waals surface area contributed by atoms with E-state index in [4.69, 9.17) is 9.47 Å². The first kappa shape index (κ1) is 17.4. The highest BCUT2D eigenvalue weighted by Crippen LogP contribution is 2.26. The second kappa shape index (κ2) is 8.06. The normalized spacial score (nSPS) is 10.4. The minimum Gasteiger partial charge on any atom is -0.488 e. The third-order valence-electron chi connectivity index (χ3n) is 3.73. The second-order valence-corrected chi connectivity index (χ2v) is 6.09. The summed E-state index contributed by atoms with van der Waals surface area (Å²) in [6, 6.07) is 11.7. The van der Waals surface area contributed by atoms with Gasteiger partial charge in [0.2, 0.25) is 0 Å². The number of hydrogen-bond donors (Lipinski definition) is 0. The molecule has 0 saturated heterocycles. The van der Waals surface area contributed by atoms with Gasteiger partial charge in [0.05, 0.1) is 0 Å². The first-order valence-corrected chi connectivity index (χ1v) is 8.84. The molecule has 0 heterocycles. The molecule has 0 N–H and O–H groups in total. The van der Waals surface area contributed by atoms with Gasteiger partial charge in [0, 0.05) is 5.56 Å². The fraction of sp³-hybridized carbons (Fsp3) is 0.316. The summed E-state index contributed by atoms with van der Waals surface area (Å²) in [5.74, 6) is 1.41. The molecule has 3 nitrogen and oxygen atoms in total. The molecule has 0 fully saturated rings. The van der Waals surface area contributed by atoms with Crippen molar-refractivity contribution in [1.29, 1.82) is 0 Å². The minimum atomic E-state index is -0.322. The Morgan fingerprint density at radius 3 is 2.48 bits per heavy atom. The van der Waals surface area contributed by atoms with E-state index in [0.717, 1.165) is 35.1 Å². The highest BCUT2D eigenvalue weighted by Gasteiger charge is 2.10. The van der Waals surface area contributed by atoms with Crippen LogP contribution in [0.5, 0.6) is 11.5 Å². The van der Waals surface area contributed by atoms with Crippen LogP contribution in [0.1, 0.15) is 29.2 Å². The van der Waals surface area contributed by atoms with Crippen LogP contribution in [0.2, 0.25) is 0 Å². The van der Waals surface area contributed by atoms with E-state index >= 15 is 0 Å². The van der Waals surface area contributed by atoms with E-state index in [0.29, 0.717) is 12.4 Å². The number of carbonyl (C=O) groups excluding carboxylic acids is 1. The molecule has 2 rings (SSSR count). The Kier molecular flexibility index (Phi) is 6.11. The predicted octanol–water partition coefficient (Wildman–Crippen LogP) is 5.31. The quantitative estimate of drug-likeness (QED) is 0.696. The van der Waals surface area contributed by atoms with Gasteiger partial charge in [-0.25, -0.2) is 4.79 Å². The molecule has 0 aromatic heterocycles. The van der Waals surface area contributed by atoms with Gasteiger partial charge < -0.3 is 9.47 Å². The Balaban J connectivity index is 2.15. The monoisotopic (exact) mass is 330 g/mol. The lowest BCUT2D eigenvalue weighted by atomic mass is 10.0. The van der Waals surface area contributed by atoms with Gasteiger partial charge in [-0.1, -0.05) is 31.2 Å². The Hall–Kier alpha value is -1.94. The molecule has 2 aromatic rings. The largest absolute Gasteiger partial charge is 0.488 e. The van der Waals surface area contributed by atoms with E-state index in [9.17, 15) is 4.79 Å². The smallest absolute Gasteiger partial charge is 0.372 e. The molecule has 0 radical (unpaired) electrons. The number of para-hydroxylation sites is 1. The summed E-state index contributed by atoms with van der Waals surface area (Å²) in [5.41, 5.74) is 4.54. The zero-order valence-electron chi connectivity index (χ0n) is 14.0. The summed E-state index contributed by atoms with van der Waals surface area (Å²) in [6.07, 6.45) is 2.71. The fourth-order valence-corrected chi connectivity index (χ4v) is 2.57. The molecular formula is C19H22O3S. The first-order chi connectivity index (χ1) is 11.0. The van der Waals surface area contributed by atoms with Gasteiger partial charge in [0.25, 0.3) is 0 Å². The summed E-state index contributed by atoms with van der Waals surface area (Å²) >= 11 is 1.05. The molecule has 0 aliphatic heterocycles. The van der Waals surface area contributed by atoms with Crippen molar-refractivity contribution in [3.05, 3.63) is 58.7 Å². The maximum atomic E-state index is 11.5. The molecule has 0 spiro atoms. The lowest BCUT2D eigenvalue weighted by molar-refractivity contribution is 0.225. The molecule has 2 aromatic carbocycles. The van der Waals surface area contributed by atoms with E-state index in [2.05, 4.69) is 26.0 Å². The molecule has 122 valence electrons. The number of hydrogen-bond acceptors (Lipinski definition) is 4. The Morgan fingerprint density at radius 2 is 1.78 bits per heavy atom. The molecule has 0 bridgehead atoms. The van der Waals surface area contributed by atoms with Gasteiger partial charge >= 0.3 is 5.30 Å². The number of benzene rings is 2. The van der Waals surface area contributed by atoms with Crippen LogP contribution < -0.4 is 9.47 Å². The molecular weight excluding hydrogens is 308 g/mol. The molecule has 0 aliphatic rings. The van der Waals surface area contributed by atoms with Crippen molar-refractivity contribution in [1.82, 2.24) is 0 Å². The van der Waals surface area contributed by atoms with Gasteiger partial charge in [0.15, 0.2) is 0 Å². The van der Waals surface area contributed by atoms with E-state index < -0.39 is 0 Å². The SMILES string of the molecule is CCc1cc(C)c(OCc2ccccc2OC(=O)SC)cc1C. The van der Waals surface area contributed by atoms with E-state index in [1.807, 2.05) is 25.1 Å². The van der Waals surface area contributed by atoms with Crippen LogP contribution in [-0.4, -0.2) is 11.6 Å². The molecule has 4 heteroatoms. The Morgan fingerprint density at radius 1 is 1.04 bits per heavy atom. The zero-order valence-corrected chi connectivity index (χ0v) is 14.8. The zero-order chi connectivity index (χ0) is 16.8. The molecule has 23 heavy (non-hydrogen) atoms. The lowest BCUT2D eigenvalue weighted by Crippen LogP contribution is -2.05. The molecule has 0 amide bonds. The third-order valence-corrected chi connectivity index (χ3v) is 4.15. The third kappa shape index (κ3) is 4.52. The van der Waals surface area contributed by atoms with E-state index in [-0.39, 0.29) is 5.30 Å². The summed E-state index contributed by atoms with van der Waals surface area (Å²) in [5, 5.41) is -0.322. The fourth-order valence-electron chi connectivity index (χ4n) is 2.40. The number of aryl methyl sites for hydroxylation is 3. The predicted molar refractivity (Wildman–Crippen MR) is 95.6 cm³/mol. The first-order valence-electron chi connectivity index (χ1n) is 7.61. The van der Waals surface area contributed by atoms with Crippen molar-refractivity contribution in [3.63, 3.8) is 0 Å². The maximum absolute atomic E-state index is 11.5. The van der Waals surface area contributed by atoms with Crippen LogP contribution in [0, 0.1) is 13.8 Å². The van der Waals surface area contributed by atoms with Crippen LogP contribution in [0.15, 0.2) is 36.4 Å². The Labute approximate surface area is 142 Å². The average Bonchev–Trinajstić information content (AvgIpc) is 2.56. The van der Waals surface area contributed by atoms with E-state index in [1.165, 1.54) is 11.1 Å². The standard InChI is InChI=1S/C19H22O3S/c1-5-15-10-14(3)18(11-13(15)2)21-12-16-8-6-7-9-17(16)22-19(20)23-4/h6-11H,5,12H2,1-4H3.